The summed E-state index contributed by atoms with van der Waals surface area (Å²) in [6.07, 6.45) is 3.69. The van der Waals surface area contributed by atoms with Gasteiger partial charge in [-0.2, -0.15) is 5.10 Å². The van der Waals surface area contributed by atoms with Crippen molar-refractivity contribution in [3.8, 4) is 5.69 Å². The third-order valence-corrected chi connectivity index (χ3v) is 3.20. The van der Waals surface area contributed by atoms with E-state index in [1.54, 1.807) is 6.20 Å². The lowest BCUT2D eigenvalue weighted by Crippen LogP contribution is -2.45. The van der Waals surface area contributed by atoms with E-state index in [1.807, 2.05) is 55.0 Å². The zero-order valence-electron chi connectivity index (χ0n) is 13.0. The van der Waals surface area contributed by atoms with Crippen molar-refractivity contribution in [2.75, 3.05) is 27.2 Å². The lowest BCUT2D eigenvalue weighted by molar-refractivity contribution is 0.0336. The van der Waals surface area contributed by atoms with Crippen molar-refractivity contribution in [2.24, 2.45) is 0 Å². The fourth-order valence-electron chi connectivity index (χ4n) is 2.40. The van der Waals surface area contributed by atoms with Crippen LogP contribution in [0.3, 0.4) is 0 Å². The molecule has 0 aliphatic heterocycles. The van der Waals surface area contributed by atoms with Gasteiger partial charge in [0.15, 0.2) is 0 Å². The molecule has 5 nitrogen and oxygen atoms in total. The van der Waals surface area contributed by atoms with Crippen LogP contribution >= 0.6 is 0 Å². The molecular weight excluding hydrogens is 264 g/mol. The van der Waals surface area contributed by atoms with Gasteiger partial charge in [0.2, 0.25) is 0 Å². The van der Waals surface area contributed by atoms with E-state index in [2.05, 4.69) is 22.5 Å². The van der Waals surface area contributed by atoms with Crippen molar-refractivity contribution in [2.45, 2.75) is 19.1 Å². The predicted octanol–water partition coefficient (Wildman–Crippen LogP) is 1.27. The van der Waals surface area contributed by atoms with Gasteiger partial charge in [0.1, 0.15) is 0 Å². The van der Waals surface area contributed by atoms with Crippen LogP contribution in [0.2, 0.25) is 0 Å². The van der Waals surface area contributed by atoms with Crippen LogP contribution in [-0.2, 0) is 6.54 Å². The monoisotopic (exact) mass is 288 g/mol. The average Bonchev–Trinajstić information content (AvgIpc) is 2.91. The van der Waals surface area contributed by atoms with Crippen LogP contribution in [0.25, 0.3) is 5.69 Å². The topological polar surface area (TPSA) is 53.3 Å². The first kappa shape index (κ1) is 15.7. The summed E-state index contributed by atoms with van der Waals surface area (Å²) in [6, 6.07) is 10.1. The van der Waals surface area contributed by atoms with Crippen molar-refractivity contribution in [1.82, 2.24) is 20.0 Å². The maximum absolute atomic E-state index is 10.2. The Balaban J connectivity index is 1.84. The molecule has 0 aliphatic rings. The van der Waals surface area contributed by atoms with Gasteiger partial charge in [-0.05, 0) is 44.8 Å². The molecule has 0 fully saturated rings. The number of likely N-dealkylation sites (N-methyl/N-ethyl adjacent to an activating group) is 1. The number of rotatable bonds is 7. The van der Waals surface area contributed by atoms with Crippen LogP contribution in [0, 0.1) is 0 Å². The molecule has 1 atom stereocenters. The normalized spacial score (nSPS) is 14.3. The molecule has 0 saturated heterocycles. The highest BCUT2D eigenvalue weighted by molar-refractivity contribution is 5.33. The standard InChI is InChI=1S/C16H24N4O/c1-16(21,13-19(2)3)12-17-11-14-5-7-15(8-6-14)20-10-4-9-18-20/h4-10,17,21H,11-13H2,1-3H3. The second-order valence-corrected chi connectivity index (χ2v) is 5.96. The molecular formula is C16H24N4O. The Morgan fingerprint density at radius 2 is 2.00 bits per heavy atom. The Hall–Kier alpha value is -1.69. The van der Waals surface area contributed by atoms with Crippen molar-refractivity contribution < 1.29 is 5.11 Å². The van der Waals surface area contributed by atoms with E-state index in [-0.39, 0.29) is 0 Å². The third-order valence-electron chi connectivity index (χ3n) is 3.20. The van der Waals surface area contributed by atoms with Gasteiger partial charge in [0, 0.05) is 32.0 Å². The van der Waals surface area contributed by atoms with E-state index in [0.29, 0.717) is 13.1 Å². The van der Waals surface area contributed by atoms with E-state index in [0.717, 1.165) is 12.2 Å². The zero-order chi connectivity index (χ0) is 15.3. The maximum Gasteiger partial charge on any atom is 0.0869 e. The van der Waals surface area contributed by atoms with Gasteiger partial charge >= 0.3 is 0 Å². The van der Waals surface area contributed by atoms with Crippen molar-refractivity contribution in [3.63, 3.8) is 0 Å². The Kier molecular flexibility index (Phi) is 5.12. The molecule has 2 rings (SSSR count). The molecule has 1 aromatic heterocycles. The molecule has 21 heavy (non-hydrogen) atoms. The summed E-state index contributed by atoms with van der Waals surface area (Å²) in [7, 11) is 3.92. The summed E-state index contributed by atoms with van der Waals surface area (Å²) >= 11 is 0. The van der Waals surface area contributed by atoms with E-state index in [9.17, 15) is 5.11 Å². The first-order valence-electron chi connectivity index (χ1n) is 7.13. The number of hydrogen-bond donors (Lipinski definition) is 2. The molecule has 0 radical (unpaired) electrons. The molecule has 114 valence electrons. The van der Waals surface area contributed by atoms with Crippen molar-refractivity contribution >= 4 is 0 Å². The summed E-state index contributed by atoms with van der Waals surface area (Å²) in [5, 5.41) is 17.7. The van der Waals surface area contributed by atoms with Crippen LogP contribution in [0.4, 0.5) is 0 Å². The number of aromatic nitrogens is 2. The van der Waals surface area contributed by atoms with Gasteiger partial charge in [-0.25, -0.2) is 4.68 Å². The highest BCUT2D eigenvalue weighted by Crippen LogP contribution is 2.09. The quantitative estimate of drug-likeness (QED) is 0.806. The van der Waals surface area contributed by atoms with Gasteiger partial charge in [-0.3, -0.25) is 0 Å². The number of nitrogens with one attached hydrogen (secondary N) is 1. The number of nitrogens with zero attached hydrogens (tertiary/aromatic N) is 3. The van der Waals surface area contributed by atoms with Crippen LogP contribution < -0.4 is 5.32 Å². The second kappa shape index (κ2) is 6.85. The molecule has 2 aromatic rings. The lowest BCUT2D eigenvalue weighted by Gasteiger charge is -2.27. The SMILES string of the molecule is CN(C)CC(C)(O)CNCc1ccc(-n2cccn2)cc1. The second-order valence-electron chi connectivity index (χ2n) is 5.96. The van der Waals surface area contributed by atoms with Crippen molar-refractivity contribution in [3.05, 3.63) is 48.3 Å². The number of benzene rings is 1. The van der Waals surface area contributed by atoms with Crippen LogP contribution in [0.1, 0.15) is 12.5 Å². The minimum atomic E-state index is -0.724. The predicted molar refractivity (Wildman–Crippen MR) is 84.4 cm³/mol. The summed E-state index contributed by atoms with van der Waals surface area (Å²) < 4.78 is 1.83. The number of hydrogen-bond acceptors (Lipinski definition) is 4. The molecule has 0 aliphatic carbocycles. The minimum absolute atomic E-state index is 0.562. The average molecular weight is 288 g/mol. The molecule has 1 heterocycles. The Labute approximate surface area is 126 Å². The molecule has 0 saturated carbocycles. The first-order chi connectivity index (χ1) is 9.96. The molecule has 1 aromatic carbocycles. The Morgan fingerprint density at radius 3 is 2.57 bits per heavy atom. The smallest absolute Gasteiger partial charge is 0.0869 e. The minimum Gasteiger partial charge on any atom is -0.388 e. The van der Waals surface area contributed by atoms with Crippen LogP contribution in [0.5, 0.6) is 0 Å². The van der Waals surface area contributed by atoms with Gasteiger partial charge in [0.25, 0.3) is 0 Å². The summed E-state index contributed by atoms with van der Waals surface area (Å²) in [6.45, 7) is 3.79. The summed E-state index contributed by atoms with van der Waals surface area (Å²) in [5.41, 5.74) is 1.51. The lowest BCUT2D eigenvalue weighted by atomic mass is 10.1. The molecule has 5 heteroatoms. The van der Waals surface area contributed by atoms with Crippen LogP contribution in [0.15, 0.2) is 42.7 Å². The highest BCUT2D eigenvalue weighted by Gasteiger charge is 2.20. The highest BCUT2D eigenvalue weighted by atomic mass is 16.3. The number of aliphatic hydroxyl groups is 1. The fraction of sp³-hybridized carbons (Fsp3) is 0.438. The van der Waals surface area contributed by atoms with E-state index >= 15 is 0 Å². The Morgan fingerprint density at radius 1 is 1.29 bits per heavy atom. The fourth-order valence-corrected chi connectivity index (χ4v) is 2.40. The first-order valence-corrected chi connectivity index (χ1v) is 7.13. The van der Waals surface area contributed by atoms with Crippen molar-refractivity contribution in [1.29, 1.82) is 0 Å². The van der Waals surface area contributed by atoms with E-state index in [1.165, 1.54) is 5.56 Å². The summed E-state index contributed by atoms with van der Waals surface area (Å²) in [5.74, 6) is 0. The maximum atomic E-state index is 10.2. The van der Waals surface area contributed by atoms with Crippen LogP contribution in [-0.4, -0.2) is 52.6 Å². The third kappa shape index (κ3) is 4.97. The van der Waals surface area contributed by atoms with E-state index < -0.39 is 5.60 Å². The Bertz CT molecular complexity index is 532. The molecule has 0 bridgehead atoms. The molecule has 2 N–H and O–H groups in total. The van der Waals surface area contributed by atoms with Gasteiger partial charge < -0.3 is 15.3 Å². The molecule has 0 spiro atoms. The summed E-state index contributed by atoms with van der Waals surface area (Å²) in [4.78, 5) is 1.99. The molecule has 0 amide bonds. The largest absolute Gasteiger partial charge is 0.388 e. The zero-order valence-corrected chi connectivity index (χ0v) is 13.0. The van der Waals surface area contributed by atoms with Gasteiger partial charge in [0.05, 0.1) is 11.3 Å². The van der Waals surface area contributed by atoms with E-state index in [4.69, 9.17) is 0 Å². The molecule has 1 unspecified atom stereocenters. The van der Waals surface area contributed by atoms with Gasteiger partial charge in [-0.1, -0.05) is 12.1 Å². The van der Waals surface area contributed by atoms with Gasteiger partial charge in [-0.15, -0.1) is 0 Å².